The molecule has 2 amide bonds. The largest absolute Gasteiger partial charge is 0.325 e. The van der Waals surface area contributed by atoms with Crippen LogP contribution in [0.25, 0.3) is 0 Å². The van der Waals surface area contributed by atoms with Gasteiger partial charge in [-0.15, -0.1) is 0 Å². The first-order valence-corrected chi connectivity index (χ1v) is 9.50. The molecule has 1 unspecified atom stereocenters. The molecule has 0 saturated carbocycles. The number of benzene rings is 2. The van der Waals surface area contributed by atoms with E-state index in [1.54, 1.807) is 25.2 Å². The van der Waals surface area contributed by atoms with E-state index in [1.165, 1.54) is 29.2 Å². The first-order chi connectivity index (χ1) is 12.8. The lowest BCUT2D eigenvalue weighted by Crippen LogP contribution is -2.43. The second-order valence-electron chi connectivity index (χ2n) is 5.78. The van der Waals surface area contributed by atoms with Gasteiger partial charge in [0.1, 0.15) is 11.1 Å². The molecule has 1 aliphatic heterocycles. The number of anilines is 1. The number of amides is 2. The minimum absolute atomic E-state index is 0.0313. The van der Waals surface area contributed by atoms with Gasteiger partial charge in [0.15, 0.2) is 5.17 Å². The van der Waals surface area contributed by atoms with Gasteiger partial charge in [0.2, 0.25) is 11.8 Å². The molecule has 0 aromatic heterocycles. The smallest absolute Gasteiger partial charge is 0.238 e. The van der Waals surface area contributed by atoms with Crippen molar-refractivity contribution in [3.63, 3.8) is 0 Å². The van der Waals surface area contributed by atoms with Gasteiger partial charge in [0, 0.05) is 29.2 Å². The quantitative estimate of drug-likeness (QED) is 0.773. The second-order valence-corrected chi connectivity index (χ2v) is 7.82. The lowest BCUT2D eigenvalue weighted by atomic mass is 10.2. The van der Waals surface area contributed by atoms with E-state index in [4.69, 9.17) is 23.2 Å². The van der Waals surface area contributed by atoms with Gasteiger partial charge in [-0.3, -0.25) is 14.5 Å². The molecular formula is C18H14Cl2FN3O2S. The van der Waals surface area contributed by atoms with Crippen LogP contribution in [0.4, 0.5) is 15.8 Å². The Morgan fingerprint density at radius 3 is 2.48 bits per heavy atom. The van der Waals surface area contributed by atoms with Crippen molar-refractivity contribution in [2.45, 2.75) is 11.7 Å². The highest BCUT2D eigenvalue weighted by Gasteiger charge is 2.34. The van der Waals surface area contributed by atoms with Crippen LogP contribution in [0, 0.1) is 5.82 Å². The maximum absolute atomic E-state index is 13.0. The Labute approximate surface area is 169 Å². The molecule has 0 aliphatic carbocycles. The maximum atomic E-state index is 13.0. The van der Waals surface area contributed by atoms with Crippen molar-refractivity contribution in [2.75, 3.05) is 12.4 Å². The highest BCUT2D eigenvalue weighted by molar-refractivity contribution is 8.15. The molecule has 3 rings (SSSR count). The molecule has 1 heterocycles. The van der Waals surface area contributed by atoms with Crippen molar-refractivity contribution in [1.82, 2.24) is 4.90 Å². The molecule has 1 N–H and O–H groups in total. The third-order valence-electron chi connectivity index (χ3n) is 3.74. The molecule has 0 spiro atoms. The fourth-order valence-corrected chi connectivity index (χ4v) is 3.95. The average molecular weight is 426 g/mol. The minimum Gasteiger partial charge on any atom is -0.325 e. The van der Waals surface area contributed by atoms with Gasteiger partial charge >= 0.3 is 0 Å². The molecule has 0 radical (unpaired) electrons. The number of halogens is 3. The summed E-state index contributed by atoms with van der Waals surface area (Å²) in [6.45, 7) is 0. The van der Waals surface area contributed by atoms with E-state index in [-0.39, 0.29) is 18.2 Å². The summed E-state index contributed by atoms with van der Waals surface area (Å²) in [6, 6.07) is 10.2. The van der Waals surface area contributed by atoms with Crippen LogP contribution in [0.15, 0.2) is 47.5 Å². The van der Waals surface area contributed by atoms with E-state index in [2.05, 4.69) is 10.3 Å². The number of rotatable bonds is 3. The summed E-state index contributed by atoms with van der Waals surface area (Å²) in [5.41, 5.74) is 0.933. The highest BCUT2D eigenvalue weighted by atomic mass is 35.5. The predicted octanol–water partition coefficient (Wildman–Crippen LogP) is 4.72. The number of hydrogen-bond donors (Lipinski definition) is 1. The topological polar surface area (TPSA) is 61.8 Å². The minimum atomic E-state index is -0.660. The standard InChI is InChI=1S/C18H14Cl2FN3O2S/c1-24-16(25)9-15(17(26)22-13-4-2-12(21)3-5-13)27-18(24)23-14-7-10(19)6-11(20)8-14/h2-8,15H,9H2,1H3,(H,22,26). The van der Waals surface area contributed by atoms with Gasteiger partial charge in [0.25, 0.3) is 0 Å². The first-order valence-electron chi connectivity index (χ1n) is 7.86. The van der Waals surface area contributed by atoms with E-state index < -0.39 is 11.1 Å². The van der Waals surface area contributed by atoms with Crippen LogP contribution in [0.5, 0.6) is 0 Å². The Morgan fingerprint density at radius 1 is 1.22 bits per heavy atom. The molecule has 5 nitrogen and oxygen atoms in total. The average Bonchev–Trinajstić information content (AvgIpc) is 2.60. The summed E-state index contributed by atoms with van der Waals surface area (Å²) < 4.78 is 13.0. The van der Waals surface area contributed by atoms with Gasteiger partial charge in [-0.2, -0.15) is 0 Å². The van der Waals surface area contributed by atoms with Gasteiger partial charge in [-0.25, -0.2) is 9.38 Å². The number of amidine groups is 1. The predicted molar refractivity (Wildman–Crippen MR) is 107 cm³/mol. The molecule has 140 valence electrons. The molecule has 2 aromatic rings. The molecular weight excluding hydrogens is 412 g/mol. The maximum Gasteiger partial charge on any atom is 0.238 e. The van der Waals surface area contributed by atoms with Crippen molar-refractivity contribution < 1.29 is 14.0 Å². The Kier molecular flexibility index (Phi) is 6.04. The number of hydrogen-bond acceptors (Lipinski definition) is 4. The summed E-state index contributed by atoms with van der Waals surface area (Å²) in [5.74, 6) is -0.990. The van der Waals surface area contributed by atoms with Crippen molar-refractivity contribution >= 4 is 63.3 Å². The highest BCUT2D eigenvalue weighted by Crippen LogP contribution is 2.31. The number of carbonyl (C=O) groups is 2. The van der Waals surface area contributed by atoms with Crippen molar-refractivity contribution in [1.29, 1.82) is 0 Å². The van der Waals surface area contributed by atoms with Gasteiger partial charge in [0.05, 0.1) is 5.69 Å². The SMILES string of the molecule is CN1C(=O)CC(C(=O)Nc2ccc(F)cc2)SC1=Nc1cc(Cl)cc(Cl)c1. The van der Waals surface area contributed by atoms with E-state index >= 15 is 0 Å². The summed E-state index contributed by atoms with van der Waals surface area (Å²) in [4.78, 5) is 30.6. The van der Waals surface area contributed by atoms with Crippen molar-refractivity contribution in [3.8, 4) is 0 Å². The van der Waals surface area contributed by atoms with Crippen LogP contribution in [-0.4, -0.2) is 34.2 Å². The Morgan fingerprint density at radius 2 is 1.85 bits per heavy atom. The zero-order valence-corrected chi connectivity index (χ0v) is 16.4. The van der Waals surface area contributed by atoms with Crippen LogP contribution < -0.4 is 5.32 Å². The van der Waals surface area contributed by atoms with Gasteiger partial charge in [-0.05, 0) is 42.5 Å². The molecule has 1 fully saturated rings. The number of thioether (sulfide) groups is 1. The normalized spacial score (nSPS) is 18.7. The van der Waals surface area contributed by atoms with E-state index in [1.807, 2.05) is 0 Å². The lowest BCUT2D eigenvalue weighted by molar-refractivity contribution is -0.128. The molecule has 1 aliphatic rings. The van der Waals surface area contributed by atoms with Crippen LogP contribution in [-0.2, 0) is 9.59 Å². The Bertz CT molecular complexity index is 901. The van der Waals surface area contributed by atoms with E-state index in [9.17, 15) is 14.0 Å². The Hall–Kier alpha value is -2.09. The molecule has 0 bridgehead atoms. The van der Waals surface area contributed by atoms with E-state index in [0.717, 1.165) is 11.8 Å². The van der Waals surface area contributed by atoms with Crippen LogP contribution in [0.1, 0.15) is 6.42 Å². The number of nitrogens with zero attached hydrogens (tertiary/aromatic N) is 2. The van der Waals surface area contributed by atoms with Crippen LogP contribution in [0.2, 0.25) is 10.0 Å². The zero-order chi connectivity index (χ0) is 19.6. The summed E-state index contributed by atoms with van der Waals surface area (Å²) in [7, 11) is 1.59. The van der Waals surface area contributed by atoms with E-state index in [0.29, 0.717) is 26.6 Å². The fourth-order valence-electron chi connectivity index (χ4n) is 2.37. The summed E-state index contributed by atoms with van der Waals surface area (Å²) >= 11 is 13.1. The third kappa shape index (κ3) is 5.00. The number of aliphatic imine (C=N–C) groups is 1. The molecule has 9 heteroatoms. The third-order valence-corrected chi connectivity index (χ3v) is 5.42. The second kappa shape index (κ2) is 8.29. The van der Waals surface area contributed by atoms with Crippen molar-refractivity contribution in [3.05, 3.63) is 58.3 Å². The molecule has 1 atom stereocenters. The van der Waals surface area contributed by atoms with Gasteiger partial charge < -0.3 is 5.32 Å². The summed E-state index contributed by atoms with van der Waals surface area (Å²) in [5, 5.41) is 3.22. The van der Waals surface area contributed by atoms with Crippen molar-refractivity contribution in [2.24, 2.45) is 4.99 Å². The van der Waals surface area contributed by atoms with Gasteiger partial charge in [-0.1, -0.05) is 35.0 Å². The molecule has 27 heavy (non-hydrogen) atoms. The number of nitrogens with one attached hydrogen (secondary N) is 1. The molecule has 2 aromatic carbocycles. The fraction of sp³-hybridized carbons (Fsp3) is 0.167. The lowest BCUT2D eigenvalue weighted by Gasteiger charge is -2.28. The van der Waals surface area contributed by atoms with Crippen LogP contribution in [0.3, 0.4) is 0 Å². The number of carbonyl (C=O) groups excluding carboxylic acids is 2. The Balaban J connectivity index is 1.80. The first kappa shape index (κ1) is 19.7. The van der Waals surface area contributed by atoms with Crippen LogP contribution >= 0.6 is 35.0 Å². The molecule has 1 saturated heterocycles. The summed E-state index contributed by atoms with van der Waals surface area (Å²) in [6.07, 6.45) is 0.0313. The zero-order valence-electron chi connectivity index (χ0n) is 14.1. The monoisotopic (exact) mass is 425 g/mol.